The van der Waals surface area contributed by atoms with Gasteiger partial charge in [-0.05, 0) is 18.8 Å². The number of anilines is 1. The molecule has 0 amide bonds. The normalized spacial score (nSPS) is 21.8. The van der Waals surface area contributed by atoms with Crippen molar-refractivity contribution in [3.05, 3.63) is 12.4 Å². The molecule has 1 N–H and O–H groups in total. The van der Waals surface area contributed by atoms with Crippen molar-refractivity contribution >= 4 is 11.8 Å². The van der Waals surface area contributed by atoms with Crippen LogP contribution in [0, 0.1) is 11.3 Å². The van der Waals surface area contributed by atoms with Crippen molar-refractivity contribution in [3.63, 3.8) is 0 Å². The molecule has 0 spiro atoms. The highest BCUT2D eigenvalue weighted by molar-refractivity contribution is 5.77. The summed E-state index contributed by atoms with van der Waals surface area (Å²) >= 11 is 0. The van der Waals surface area contributed by atoms with Crippen LogP contribution in [0.25, 0.3) is 0 Å². The first-order valence-corrected chi connectivity index (χ1v) is 7.43. The summed E-state index contributed by atoms with van der Waals surface area (Å²) in [4.78, 5) is 22.0. The Morgan fingerprint density at radius 2 is 2.29 bits per heavy atom. The number of rotatable bonds is 6. The predicted octanol–water partition coefficient (Wildman–Crippen LogP) is 2.20. The summed E-state index contributed by atoms with van der Waals surface area (Å²) in [5, 5.41) is 9.59. The maximum atomic E-state index is 11.7. The third-order valence-electron chi connectivity index (χ3n) is 4.24. The molecule has 1 aliphatic rings. The fourth-order valence-electron chi connectivity index (χ4n) is 2.71. The van der Waals surface area contributed by atoms with Crippen LogP contribution in [0.3, 0.4) is 0 Å². The minimum absolute atomic E-state index is 0.0812. The number of aliphatic carboxylic acids is 1. The first-order chi connectivity index (χ1) is 9.99. The molecule has 2 rings (SSSR count). The van der Waals surface area contributed by atoms with Gasteiger partial charge < -0.3 is 14.7 Å². The Morgan fingerprint density at radius 3 is 2.86 bits per heavy atom. The number of aromatic nitrogens is 2. The lowest BCUT2D eigenvalue weighted by atomic mass is 9.76. The van der Waals surface area contributed by atoms with Gasteiger partial charge in [0.15, 0.2) is 0 Å². The average molecular weight is 293 g/mol. The number of carboxylic acid groups (broad SMARTS) is 1. The van der Waals surface area contributed by atoms with Crippen LogP contribution in [0.2, 0.25) is 0 Å². The topological polar surface area (TPSA) is 75.5 Å². The predicted molar refractivity (Wildman–Crippen MR) is 79.6 cm³/mol. The van der Waals surface area contributed by atoms with Gasteiger partial charge in [-0.1, -0.05) is 20.8 Å². The second-order valence-corrected chi connectivity index (χ2v) is 5.85. The maximum absolute atomic E-state index is 11.7. The number of nitrogens with zero attached hydrogens (tertiary/aromatic N) is 3. The van der Waals surface area contributed by atoms with Crippen molar-refractivity contribution in [2.45, 2.75) is 33.6 Å². The molecule has 0 aliphatic carbocycles. The molecule has 116 valence electrons. The van der Waals surface area contributed by atoms with Crippen LogP contribution in [0.4, 0.5) is 5.82 Å². The largest absolute Gasteiger partial charge is 0.481 e. The summed E-state index contributed by atoms with van der Waals surface area (Å²) in [6.07, 6.45) is 3.02. The molecule has 1 unspecified atom stereocenters. The summed E-state index contributed by atoms with van der Waals surface area (Å²) in [5.41, 5.74) is -0.699. The zero-order chi connectivity index (χ0) is 15.5. The number of carbonyl (C=O) groups is 1. The Labute approximate surface area is 125 Å². The van der Waals surface area contributed by atoms with E-state index in [4.69, 9.17) is 4.74 Å². The molecular formula is C15H23N3O3. The van der Waals surface area contributed by atoms with E-state index in [0.717, 1.165) is 12.2 Å². The monoisotopic (exact) mass is 293 g/mol. The smallest absolute Gasteiger partial charge is 0.311 e. The Kier molecular flexibility index (Phi) is 4.65. The van der Waals surface area contributed by atoms with Crippen LogP contribution < -0.4 is 9.64 Å². The second kappa shape index (κ2) is 6.28. The first kappa shape index (κ1) is 15.5. The molecule has 0 bridgehead atoms. The van der Waals surface area contributed by atoms with Gasteiger partial charge >= 0.3 is 5.97 Å². The van der Waals surface area contributed by atoms with Crippen LogP contribution in [0.5, 0.6) is 5.88 Å². The van der Waals surface area contributed by atoms with Gasteiger partial charge in [0, 0.05) is 19.2 Å². The van der Waals surface area contributed by atoms with Crippen LogP contribution in [0.1, 0.15) is 33.6 Å². The van der Waals surface area contributed by atoms with Crippen molar-refractivity contribution in [2.24, 2.45) is 11.3 Å². The SMILES string of the molecule is CCCOc1cc(N2CCC(C(=O)O)(C(C)C)C2)ncn1. The molecule has 1 aromatic rings. The van der Waals surface area contributed by atoms with Gasteiger partial charge in [0.1, 0.15) is 12.1 Å². The molecule has 1 atom stereocenters. The van der Waals surface area contributed by atoms with E-state index in [9.17, 15) is 9.90 Å². The van der Waals surface area contributed by atoms with Gasteiger partial charge in [-0.15, -0.1) is 0 Å². The minimum atomic E-state index is -0.725. The highest BCUT2D eigenvalue weighted by atomic mass is 16.5. The molecule has 0 saturated carbocycles. The Balaban J connectivity index is 2.15. The Hall–Kier alpha value is -1.85. The summed E-state index contributed by atoms with van der Waals surface area (Å²) < 4.78 is 5.51. The van der Waals surface area contributed by atoms with E-state index < -0.39 is 11.4 Å². The molecule has 21 heavy (non-hydrogen) atoms. The maximum Gasteiger partial charge on any atom is 0.311 e. The molecule has 0 aromatic carbocycles. The highest BCUT2D eigenvalue weighted by Gasteiger charge is 2.47. The molecule has 1 aliphatic heterocycles. The number of ether oxygens (including phenoxy) is 1. The van der Waals surface area contributed by atoms with E-state index in [2.05, 4.69) is 9.97 Å². The Bertz CT molecular complexity index is 507. The average Bonchev–Trinajstić information content (AvgIpc) is 2.92. The highest BCUT2D eigenvalue weighted by Crippen LogP contribution is 2.39. The van der Waals surface area contributed by atoms with E-state index >= 15 is 0 Å². The molecule has 0 radical (unpaired) electrons. The third kappa shape index (κ3) is 3.09. The molecule has 6 heteroatoms. The van der Waals surface area contributed by atoms with E-state index in [1.54, 1.807) is 6.07 Å². The van der Waals surface area contributed by atoms with E-state index in [1.165, 1.54) is 6.33 Å². The molecule has 1 aromatic heterocycles. The van der Waals surface area contributed by atoms with Crippen LogP contribution in [0.15, 0.2) is 12.4 Å². The van der Waals surface area contributed by atoms with E-state index in [1.807, 2.05) is 25.7 Å². The fourth-order valence-corrected chi connectivity index (χ4v) is 2.71. The van der Waals surface area contributed by atoms with Crippen molar-refractivity contribution in [1.29, 1.82) is 0 Å². The standard InChI is InChI=1S/C15H23N3O3/c1-4-7-21-13-8-12(16-10-17-13)18-6-5-15(9-18,11(2)3)14(19)20/h8,10-11H,4-7,9H2,1-3H3,(H,19,20). The zero-order valence-electron chi connectivity index (χ0n) is 12.9. The van der Waals surface area contributed by atoms with Crippen LogP contribution in [-0.4, -0.2) is 40.7 Å². The summed E-state index contributed by atoms with van der Waals surface area (Å²) in [6, 6.07) is 1.79. The van der Waals surface area contributed by atoms with Gasteiger partial charge in [-0.25, -0.2) is 9.97 Å². The fraction of sp³-hybridized carbons (Fsp3) is 0.667. The number of hydrogen-bond donors (Lipinski definition) is 1. The van der Waals surface area contributed by atoms with E-state index in [-0.39, 0.29) is 5.92 Å². The Morgan fingerprint density at radius 1 is 1.52 bits per heavy atom. The summed E-state index contributed by atoms with van der Waals surface area (Å²) in [5.74, 6) is 0.633. The zero-order valence-corrected chi connectivity index (χ0v) is 12.9. The lowest BCUT2D eigenvalue weighted by Crippen LogP contribution is -2.39. The van der Waals surface area contributed by atoms with Gasteiger partial charge in [0.2, 0.25) is 5.88 Å². The first-order valence-electron chi connectivity index (χ1n) is 7.43. The van der Waals surface area contributed by atoms with Gasteiger partial charge in [-0.2, -0.15) is 0 Å². The lowest BCUT2D eigenvalue weighted by Gasteiger charge is -2.28. The summed E-state index contributed by atoms with van der Waals surface area (Å²) in [7, 11) is 0. The second-order valence-electron chi connectivity index (χ2n) is 5.85. The van der Waals surface area contributed by atoms with Gasteiger partial charge in [-0.3, -0.25) is 4.79 Å². The number of hydrogen-bond acceptors (Lipinski definition) is 5. The molecule has 1 saturated heterocycles. The summed E-state index contributed by atoms with van der Waals surface area (Å²) in [6.45, 7) is 7.74. The molecule has 6 nitrogen and oxygen atoms in total. The van der Waals surface area contributed by atoms with Crippen LogP contribution >= 0.6 is 0 Å². The van der Waals surface area contributed by atoms with Gasteiger partial charge in [0.25, 0.3) is 0 Å². The van der Waals surface area contributed by atoms with Gasteiger partial charge in [0.05, 0.1) is 12.0 Å². The van der Waals surface area contributed by atoms with Crippen molar-refractivity contribution in [3.8, 4) is 5.88 Å². The molecule has 2 heterocycles. The van der Waals surface area contributed by atoms with Crippen molar-refractivity contribution in [1.82, 2.24) is 9.97 Å². The van der Waals surface area contributed by atoms with Crippen molar-refractivity contribution < 1.29 is 14.6 Å². The van der Waals surface area contributed by atoms with E-state index in [0.29, 0.717) is 32.0 Å². The quantitative estimate of drug-likeness (QED) is 0.866. The molecule has 1 fully saturated rings. The number of carboxylic acids is 1. The van der Waals surface area contributed by atoms with Crippen molar-refractivity contribution in [2.75, 3.05) is 24.6 Å². The minimum Gasteiger partial charge on any atom is -0.481 e. The van der Waals surface area contributed by atoms with Crippen LogP contribution in [-0.2, 0) is 4.79 Å². The third-order valence-corrected chi connectivity index (χ3v) is 4.24. The lowest BCUT2D eigenvalue weighted by molar-refractivity contribution is -0.150. The molecular weight excluding hydrogens is 270 g/mol.